The Morgan fingerprint density at radius 2 is 1.30 bits per heavy atom. The standard InChI is InChI=1S/C20H13NS2/c1-3-8-16-14(6-1)15-7-2-4-9-17(15)21(16)18-11-13-23-20(18)19-10-5-12-22-19/h1-13H. The molecule has 3 heteroatoms. The summed E-state index contributed by atoms with van der Waals surface area (Å²) >= 11 is 3.61. The van der Waals surface area contributed by atoms with Crippen molar-refractivity contribution in [3.05, 3.63) is 77.5 Å². The molecule has 0 atom stereocenters. The van der Waals surface area contributed by atoms with Crippen molar-refractivity contribution in [2.45, 2.75) is 0 Å². The van der Waals surface area contributed by atoms with E-state index in [1.807, 2.05) is 11.3 Å². The van der Waals surface area contributed by atoms with Gasteiger partial charge in [0.25, 0.3) is 0 Å². The van der Waals surface area contributed by atoms with Gasteiger partial charge in [-0.05, 0) is 35.0 Å². The first-order valence-electron chi connectivity index (χ1n) is 7.53. The van der Waals surface area contributed by atoms with E-state index in [9.17, 15) is 0 Å². The SMILES string of the molecule is c1csc(-c2sccc2-n2c3ccccc3c3ccccc32)c1. The van der Waals surface area contributed by atoms with Gasteiger partial charge in [0.1, 0.15) is 0 Å². The average Bonchev–Trinajstić information content (AvgIpc) is 3.32. The van der Waals surface area contributed by atoms with Crippen LogP contribution in [0.1, 0.15) is 0 Å². The summed E-state index contributed by atoms with van der Waals surface area (Å²) in [7, 11) is 0. The number of hydrogen-bond acceptors (Lipinski definition) is 2. The van der Waals surface area contributed by atoms with Crippen molar-refractivity contribution in [3.8, 4) is 15.4 Å². The molecule has 110 valence electrons. The topological polar surface area (TPSA) is 4.93 Å². The molecule has 0 fully saturated rings. The Morgan fingerprint density at radius 1 is 0.609 bits per heavy atom. The molecule has 5 rings (SSSR count). The van der Waals surface area contributed by atoms with Gasteiger partial charge in [-0.1, -0.05) is 42.5 Å². The summed E-state index contributed by atoms with van der Waals surface area (Å²) in [6.07, 6.45) is 0. The monoisotopic (exact) mass is 331 g/mol. The van der Waals surface area contributed by atoms with E-state index in [2.05, 4.69) is 82.1 Å². The number of hydrogen-bond donors (Lipinski definition) is 0. The predicted molar refractivity (Wildman–Crippen MR) is 102 cm³/mol. The highest BCUT2D eigenvalue weighted by atomic mass is 32.1. The van der Waals surface area contributed by atoms with Gasteiger partial charge in [0.05, 0.1) is 21.6 Å². The molecule has 0 saturated carbocycles. The molecular formula is C20H13NS2. The molecule has 0 aliphatic carbocycles. The summed E-state index contributed by atoms with van der Waals surface area (Å²) in [4.78, 5) is 2.67. The van der Waals surface area contributed by atoms with Gasteiger partial charge in [-0.15, -0.1) is 22.7 Å². The van der Waals surface area contributed by atoms with Crippen LogP contribution in [0.4, 0.5) is 0 Å². The Kier molecular flexibility index (Phi) is 2.90. The second kappa shape index (κ2) is 5.08. The van der Waals surface area contributed by atoms with Gasteiger partial charge in [0, 0.05) is 15.6 Å². The van der Waals surface area contributed by atoms with Crippen molar-refractivity contribution in [2.24, 2.45) is 0 Å². The van der Waals surface area contributed by atoms with Crippen molar-refractivity contribution < 1.29 is 0 Å². The molecule has 0 N–H and O–H groups in total. The molecular weight excluding hydrogens is 318 g/mol. The Labute approximate surface area is 142 Å². The lowest BCUT2D eigenvalue weighted by atomic mass is 10.2. The molecule has 3 heterocycles. The van der Waals surface area contributed by atoms with E-state index in [0.29, 0.717) is 0 Å². The van der Waals surface area contributed by atoms with Crippen LogP contribution in [0.3, 0.4) is 0 Å². The molecule has 0 aliphatic heterocycles. The number of nitrogens with zero attached hydrogens (tertiary/aromatic N) is 1. The molecule has 0 amide bonds. The molecule has 0 saturated heterocycles. The maximum absolute atomic E-state index is 2.40. The Hall–Kier alpha value is -2.36. The number of thiophene rings is 2. The largest absolute Gasteiger partial charge is 0.308 e. The average molecular weight is 331 g/mol. The van der Waals surface area contributed by atoms with Crippen LogP contribution in [0, 0.1) is 0 Å². The highest BCUT2D eigenvalue weighted by Gasteiger charge is 2.16. The second-order valence-electron chi connectivity index (χ2n) is 5.48. The van der Waals surface area contributed by atoms with Gasteiger partial charge in [-0.3, -0.25) is 0 Å². The Morgan fingerprint density at radius 3 is 1.96 bits per heavy atom. The summed E-state index contributed by atoms with van der Waals surface area (Å²) < 4.78 is 2.40. The van der Waals surface area contributed by atoms with Crippen LogP contribution in [0.5, 0.6) is 0 Å². The first kappa shape index (κ1) is 13.1. The van der Waals surface area contributed by atoms with E-state index in [4.69, 9.17) is 0 Å². The molecule has 1 nitrogen and oxygen atoms in total. The fraction of sp³-hybridized carbons (Fsp3) is 0. The maximum atomic E-state index is 2.40. The van der Waals surface area contributed by atoms with E-state index in [1.165, 1.54) is 37.2 Å². The van der Waals surface area contributed by atoms with Crippen LogP contribution in [-0.4, -0.2) is 4.57 Å². The molecule has 0 bridgehead atoms. The van der Waals surface area contributed by atoms with Crippen LogP contribution in [0.2, 0.25) is 0 Å². The fourth-order valence-corrected chi connectivity index (χ4v) is 5.01. The zero-order valence-corrected chi connectivity index (χ0v) is 13.9. The molecule has 3 aromatic heterocycles. The highest BCUT2D eigenvalue weighted by Crippen LogP contribution is 2.39. The van der Waals surface area contributed by atoms with E-state index >= 15 is 0 Å². The third-order valence-electron chi connectivity index (χ3n) is 4.21. The lowest BCUT2D eigenvalue weighted by molar-refractivity contribution is 1.20. The molecule has 5 aromatic rings. The van der Waals surface area contributed by atoms with Crippen LogP contribution in [0.15, 0.2) is 77.5 Å². The van der Waals surface area contributed by atoms with Crippen molar-refractivity contribution >= 4 is 44.5 Å². The summed E-state index contributed by atoms with van der Waals surface area (Å²) in [6, 6.07) is 23.9. The number of benzene rings is 2. The lowest BCUT2D eigenvalue weighted by Gasteiger charge is -2.08. The summed E-state index contributed by atoms with van der Waals surface area (Å²) in [6.45, 7) is 0. The van der Waals surface area contributed by atoms with Crippen molar-refractivity contribution in [2.75, 3.05) is 0 Å². The molecule has 0 aliphatic rings. The third kappa shape index (κ3) is 1.90. The van der Waals surface area contributed by atoms with Crippen molar-refractivity contribution in [1.82, 2.24) is 4.57 Å². The summed E-state index contributed by atoms with van der Waals surface area (Å²) in [5.41, 5.74) is 3.81. The Balaban J connectivity index is 1.92. The molecule has 0 spiro atoms. The Bertz CT molecular complexity index is 1060. The van der Waals surface area contributed by atoms with E-state index < -0.39 is 0 Å². The van der Waals surface area contributed by atoms with Crippen molar-refractivity contribution in [3.63, 3.8) is 0 Å². The zero-order valence-electron chi connectivity index (χ0n) is 12.3. The molecule has 2 aromatic carbocycles. The lowest BCUT2D eigenvalue weighted by Crippen LogP contribution is -1.92. The van der Waals surface area contributed by atoms with Crippen LogP contribution in [0.25, 0.3) is 37.2 Å². The van der Waals surface area contributed by atoms with Gasteiger partial charge < -0.3 is 4.57 Å². The summed E-state index contributed by atoms with van der Waals surface area (Å²) in [5, 5.41) is 6.96. The number of rotatable bonds is 2. The van der Waals surface area contributed by atoms with Crippen LogP contribution >= 0.6 is 22.7 Å². The normalized spacial score (nSPS) is 11.5. The van der Waals surface area contributed by atoms with Crippen molar-refractivity contribution in [1.29, 1.82) is 0 Å². The van der Waals surface area contributed by atoms with Crippen LogP contribution in [-0.2, 0) is 0 Å². The molecule has 0 radical (unpaired) electrons. The van der Waals surface area contributed by atoms with Gasteiger partial charge in [-0.2, -0.15) is 0 Å². The van der Waals surface area contributed by atoms with Gasteiger partial charge in [-0.25, -0.2) is 0 Å². The van der Waals surface area contributed by atoms with Gasteiger partial charge >= 0.3 is 0 Å². The van der Waals surface area contributed by atoms with E-state index in [1.54, 1.807) is 11.3 Å². The molecule has 23 heavy (non-hydrogen) atoms. The fourth-order valence-electron chi connectivity index (χ4n) is 3.25. The summed E-state index contributed by atoms with van der Waals surface area (Å²) in [5.74, 6) is 0. The zero-order chi connectivity index (χ0) is 15.2. The van der Waals surface area contributed by atoms with Gasteiger partial charge in [0.2, 0.25) is 0 Å². The minimum absolute atomic E-state index is 1.27. The second-order valence-corrected chi connectivity index (χ2v) is 7.35. The van der Waals surface area contributed by atoms with E-state index in [0.717, 1.165) is 0 Å². The highest BCUT2D eigenvalue weighted by molar-refractivity contribution is 7.20. The number of aromatic nitrogens is 1. The predicted octanol–water partition coefficient (Wildman–Crippen LogP) is 6.57. The minimum Gasteiger partial charge on any atom is -0.308 e. The third-order valence-corrected chi connectivity index (χ3v) is 6.16. The smallest absolute Gasteiger partial charge is 0.0683 e. The van der Waals surface area contributed by atoms with Crippen LogP contribution < -0.4 is 0 Å². The van der Waals surface area contributed by atoms with E-state index in [-0.39, 0.29) is 0 Å². The quantitative estimate of drug-likeness (QED) is 0.344. The maximum Gasteiger partial charge on any atom is 0.0683 e. The number of fused-ring (bicyclic) bond motifs is 3. The first-order chi connectivity index (χ1) is 11.4. The molecule has 0 unspecified atom stereocenters. The van der Waals surface area contributed by atoms with Gasteiger partial charge in [0.15, 0.2) is 0 Å². The first-order valence-corrected chi connectivity index (χ1v) is 9.29. The minimum atomic E-state index is 1.27. The number of para-hydroxylation sites is 2.